The number of aromatic nitrogens is 2. The summed E-state index contributed by atoms with van der Waals surface area (Å²) in [4.78, 5) is 28.6. The van der Waals surface area contributed by atoms with Crippen molar-refractivity contribution >= 4 is 34.0 Å². The number of amides is 2. The molecule has 9 heteroatoms. The average Bonchev–Trinajstić information content (AvgIpc) is 3.07. The summed E-state index contributed by atoms with van der Waals surface area (Å²) in [5, 5.41) is 11.7. The number of benzene rings is 1. The Morgan fingerprint density at radius 1 is 1.31 bits per heavy atom. The van der Waals surface area contributed by atoms with E-state index in [2.05, 4.69) is 15.5 Å². The van der Waals surface area contributed by atoms with Gasteiger partial charge in [0.25, 0.3) is 0 Å². The number of rotatable bonds is 6. The summed E-state index contributed by atoms with van der Waals surface area (Å²) >= 11 is 1.27. The Balaban J connectivity index is 1.57. The molecule has 1 saturated heterocycles. The molecule has 0 saturated carbocycles. The predicted molar refractivity (Wildman–Crippen MR) is 99.1 cm³/mol. The largest absolute Gasteiger partial charge is 0.377 e. The van der Waals surface area contributed by atoms with E-state index in [1.165, 1.54) is 11.3 Å². The van der Waals surface area contributed by atoms with Gasteiger partial charge in [0, 0.05) is 25.9 Å². The van der Waals surface area contributed by atoms with E-state index in [0.29, 0.717) is 29.8 Å². The highest BCUT2D eigenvalue weighted by Gasteiger charge is 2.33. The molecule has 0 aliphatic carbocycles. The molecule has 2 amide bonds. The number of para-hydroxylation sites is 1. The number of nitrogens with zero attached hydrogens (tertiary/aromatic N) is 4. The molecule has 1 fully saturated rings. The number of hydrogen-bond donors (Lipinski definition) is 1. The molecule has 2 aromatic rings. The van der Waals surface area contributed by atoms with E-state index in [1.807, 2.05) is 42.2 Å². The van der Waals surface area contributed by atoms with E-state index in [0.717, 1.165) is 5.69 Å². The van der Waals surface area contributed by atoms with E-state index in [9.17, 15) is 9.59 Å². The molecule has 138 valence electrons. The van der Waals surface area contributed by atoms with Crippen molar-refractivity contribution in [1.29, 1.82) is 0 Å². The Morgan fingerprint density at radius 3 is 2.81 bits per heavy atom. The number of methoxy groups -OCH3 is 1. The summed E-state index contributed by atoms with van der Waals surface area (Å²) in [7, 11) is 1.58. The first-order chi connectivity index (χ1) is 12.6. The maximum Gasteiger partial charge on any atom is 0.244 e. The van der Waals surface area contributed by atoms with Crippen LogP contribution in [0.4, 0.5) is 10.8 Å². The van der Waals surface area contributed by atoms with Crippen molar-refractivity contribution in [2.75, 3.05) is 37.0 Å². The summed E-state index contributed by atoms with van der Waals surface area (Å²) in [6.07, 6.45) is 0. The minimum atomic E-state index is -0.367. The molecular weight excluding hydrogens is 354 g/mol. The van der Waals surface area contributed by atoms with Gasteiger partial charge in [-0.3, -0.25) is 19.8 Å². The average molecular weight is 375 g/mol. The quantitative estimate of drug-likeness (QED) is 0.820. The second-order valence-corrected chi connectivity index (χ2v) is 7.02. The van der Waals surface area contributed by atoms with Crippen LogP contribution in [0.3, 0.4) is 0 Å². The highest BCUT2D eigenvalue weighted by Crippen LogP contribution is 2.20. The van der Waals surface area contributed by atoms with Crippen LogP contribution in [0.25, 0.3) is 0 Å². The number of ether oxygens (including phenoxy) is 1. The lowest BCUT2D eigenvalue weighted by Gasteiger charge is -2.38. The molecular formula is C17H21N5O3S. The van der Waals surface area contributed by atoms with Crippen LogP contribution in [0.2, 0.25) is 0 Å². The number of anilines is 2. The second kappa shape index (κ2) is 8.35. The molecule has 1 aliphatic rings. The Labute approximate surface area is 155 Å². The first-order valence-corrected chi connectivity index (χ1v) is 9.12. The minimum absolute atomic E-state index is 0.00598. The van der Waals surface area contributed by atoms with Crippen LogP contribution < -0.4 is 10.2 Å². The molecule has 2 heterocycles. The molecule has 26 heavy (non-hydrogen) atoms. The van der Waals surface area contributed by atoms with Gasteiger partial charge in [-0.1, -0.05) is 29.5 Å². The number of carbonyl (C=O) groups is 2. The standard InChI is InChI=1S/C17H21N5O3S/c1-12-16(24)22(13-6-4-3-5-7-13)9-8-21(12)10-14(23)18-17-20-19-15(26-17)11-25-2/h3-7,12H,8-11H2,1-2H3,(H,18,20,23)/t12-/m1/s1. The van der Waals surface area contributed by atoms with Gasteiger partial charge in [-0.05, 0) is 19.1 Å². The second-order valence-electron chi connectivity index (χ2n) is 5.95. The maximum absolute atomic E-state index is 12.7. The van der Waals surface area contributed by atoms with Gasteiger partial charge in [0.15, 0.2) is 0 Å². The molecule has 1 aromatic carbocycles. The third kappa shape index (κ3) is 4.24. The molecule has 3 rings (SSSR count). The first kappa shape index (κ1) is 18.4. The fourth-order valence-electron chi connectivity index (χ4n) is 2.82. The monoisotopic (exact) mass is 375 g/mol. The van der Waals surface area contributed by atoms with Crippen LogP contribution in [0.15, 0.2) is 30.3 Å². The number of piperazine rings is 1. The van der Waals surface area contributed by atoms with Crippen molar-refractivity contribution in [1.82, 2.24) is 15.1 Å². The Morgan fingerprint density at radius 2 is 2.08 bits per heavy atom. The third-order valence-electron chi connectivity index (χ3n) is 4.18. The van der Waals surface area contributed by atoms with Gasteiger partial charge in [0.2, 0.25) is 16.9 Å². The van der Waals surface area contributed by atoms with Crippen molar-refractivity contribution in [3.8, 4) is 0 Å². The van der Waals surface area contributed by atoms with Crippen molar-refractivity contribution < 1.29 is 14.3 Å². The lowest BCUT2D eigenvalue weighted by Crippen LogP contribution is -2.57. The molecule has 0 unspecified atom stereocenters. The van der Waals surface area contributed by atoms with E-state index in [4.69, 9.17) is 4.74 Å². The van der Waals surface area contributed by atoms with Crippen molar-refractivity contribution in [3.05, 3.63) is 35.3 Å². The van der Waals surface area contributed by atoms with Gasteiger partial charge < -0.3 is 9.64 Å². The van der Waals surface area contributed by atoms with E-state index >= 15 is 0 Å². The van der Waals surface area contributed by atoms with Gasteiger partial charge in [-0.15, -0.1) is 10.2 Å². The Bertz CT molecular complexity index is 767. The normalized spacial score (nSPS) is 18.2. The topological polar surface area (TPSA) is 87.7 Å². The smallest absolute Gasteiger partial charge is 0.244 e. The molecule has 1 aliphatic heterocycles. The minimum Gasteiger partial charge on any atom is -0.377 e. The highest BCUT2D eigenvalue weighted by molar-refractivity contribution is 7.15. The SMILES string of the molecule is COCc1nnc(NC(=O)CN2CCN(c3ccccc3)C(=O)[C@H]2C)s1. The zero-order valence-corrected chi connectivity index (χ0v) is 15.5. The van der Waals surface area contributed by atoms with Crippen molar-refractivity contribution in [2.45, 2.75) is 19.6 Å². The van der Waals surface area contributed by atoms with Crippen LogP contribution in [0.5, 0.6) is 0 Å². The molecule has 0 radical (unpaired) electrons. The molecule has 1 N–H and O–H groups in total. The number of hydrogen-bond acceptors (Lipinski definition) is 7. The zero-order valence-electron chi connectivity index (χ0n) is 14.7. The molecule has 1 atom stereocenters. The fourth-order valence-corrected chi connectivity index (χ4v) is 3.55. The van der Waals surface area contributed by atoms with Crippen LogP contribution >= 0.6 is 11.3 Å². The van der Waals surface area contributed by atoms with E-state index in [-0.39, 0.29) is 24.4 Å². The number of carbonyl (C=O) groups excluding carboxylic acids is 2. The van der Waals surface area contributed by atoms with E-state index < -0.39 is 0 Å². The van der Waals surface area contributed by atoms with Crippen LogP contribution in [0, 0.1) is 0 Å². The van der Waals surface area contributed by atoms with Gasteiger partial charge >= 0.3 is 0 Å². The molecule has 0 bridgehead atoms. The summed E-state index contributed by atoms with van der Waals surface area (Å²) < 4.78 is 4.98. The van der Waals surface area contributed by atoms with Crippen molar-refractivity contribution in [2.24, 2.45) is 0 Å². The molecule has 8 nitrogen and oxygen atoms in total. The Hall–Kier alpha value is -2.36. The van der Waals surface area contributed by atoms with Gasteiger partial charge in [0.1, 0.15) is 11.6 Å². The van der Waals surface area contributed by atoms with Gasteiger partial charge in [-0.25, -0.2) is 0 Å². The predicted octanol–water partition coefficient (Wildman–Crippen LogP) is 1.36. The third-order valence-corrected chi connectivity index (χ3v) is 4.99. The lowest BCUT2D eigenvalue weighted by atomic mass is 10.1. The molecule has 0 spiro atoms. The summed E-state index contributed by atoms with van der Waals surface area (Å²) in [5.74, 6) is -0.216. The van der Waals surface area contributed by atoms with E-state index in [1.54, 1.807) is 12.0 Å². The lowest BCUT2D eigenvalue weighted by molar-refractivity contribution is -0.127. The van der Waals surface area contributed by atoms with Crippen molar-refractivity contribution in [3.63, 3.8) is 0 Å². The first-order valence-electron chi connectivity index (χ1n) is 8.30. The molecule has 1 aromatic heterocycles. The van der Waals surface area contributed by atoms with Gasteiger partial charge in [-0.2, -0.15) is 0 Å². The maximum atomic E-state index is 12.7. The highest BCUT2D eigenvalue weighted by atomic mass is 32.1. The fraction of sp³-hybridized carbons (Fsp3) is 0.412. The summed E-state index contributed by atoms with van der Waals surface area (Å²) in [5.41, 5.74) is 0.882. The van der Waals surface area contributed by atoms with Crippen LogP contribution in [0.1, 0.15) is 11.9 Å². The summed E-state index contributed by atoms with van der Waals surface area (Å²) in [6, 6.07) is 9.21. The van der Waals surface area contributed by atoms with Crippen LogP contribution in [-0.4, -0.2) is 59.7 Å². The number of nitrogens with one attached hydrogen (secondary N) is 1. The Kier molecular flexibility index (Phi) is 5.92. The van der Waals surface area contributed by atoms with Gasteiger partial charge in [0.05, 0.1) is 12.6 Å². The zero-order chi connectivity index (χ0) is 18.5. The summed E-state index contributed by atoms with van der Waals surface area (Å²) in [6.45, 7) is 3.50. The van der Waals surface area contributed by atoms with Crippen LogP contribution in [-0.2, 0) is 20.9 Å².